The quantitative estimate of drug-likeness (QED) is 0.725. The van der Waals surface area contributed by atoms with Gasteiger partial charge in [0.1, 0.15) is 0 Å². The Labute approximate surface area is 114 Å². The van der Waals surface area contributed by atoms with Crippen LogP contribution in [0.1, 0.15) is 42.8 Å². The molecule has 0 aliphatic heterocycles. The van der Waals surface area contributed by atoms with Crippen LogP contribution in [-0.4, -0.2) is 29.5 Å². The van der Waals surface area contributed by atoms with Crippen molar-refractivity contribution in [3.8, 4) is 6.07 Å². The minimum absolute atomic E-state index is 0.512. The summed E-state index contributed by atoms with van der Waals surface area (Å²) in [5.41, 5.74) is 1.15. The molecule has 0 amide bonds. The van der Waals surface area contributed by atoms with Crippen molar-refractivity contribution in [3.05, 3.63) is 15.6 Å². The molecule has 0 N–H and O–H groups in total. The zero-order valence-electron chi connectivity index (χ0n) is 11.7. The molecule has 1 aromatic rings. The van der Waals surface area contributed by atoms with E-state index >= 15 is 0 Å². The first-order valence-electron chi connectivity index (χ1n) is 6.81. The van der Waals surface area contributed by atoms with E-state index in [2.05, 4.69) is 31.7 Å². The largest absolute Gasteiger partial charge is 0.303 e. The SMILES string of the molecule is CCCc1nc(CCN(CC)CC)sc1CC#N. The number of hydrogen-bond donors (Lipinski definition) is 0. The minimum Gasteiger partial charge on any atom is -0.303 e. The Morgan fingerprint density at radius 1 is 1.22 bits per heavy atom. The Bertz CT molecular complexity index is 388. The Morgan fingerprint density at radius 2 is 1.94 bits per heavy atom. The van der Waals surface area contributed by atoms with E-state index in [4.69, 9.17) is 10.2 Å². The van der Waals surface area contributed by atoms with Crippen LogP contribution in [0, 0.1) is 11.3 Å². The van der Waals surface area contributed by atoms with E-state index in [0.717, 1.165) is 44.6 Å². The van der Waals surface area contributed by atoms with Crippen molar-refractivity contribution in [1.82, 2.24) is 9.88 Å². The summed E-state index contributed by atoms with van der Waals surface area (Å²) in [6.07, 6.45) is 3.61. The van der Waals surface area contributed by atoms with Crippen molar-refractivity contribution in [2.45, 2.75) is 46.5 Å². The fraction of sp³-hybridized carbons (Fsp3) is 0.714. The van der Waals surface area contributed by atoms with E-state index in [0.29, 0.717) is 6.42 Å². The molecule has 0 radical (unpaired) electrons. The molecule has 1 heterocycles. The van der Waals surface area contributed by atoms with Crippen molar-refractivity contribution < 1.29 is 0 Å². The number of aromatic nitrogens is 1. The van der Waals surface area contributed by atoms with Crippen molar-refractivity contribution >= 4 is 11.3 Å². The molecule has 0 fully saturated rings. The molecule has 0 unspecified atom stereocenters. The van der Waals surface area contributed by atoms with Crippen molar-refractivity contribution in [2.75, 3.05) is 19.6 Å². The lowest BCUT2D eigenvalue weighted by Crippen LogP contribution is -2.25. The average Bonchev–Trinajstić information content (AvgIpc) is 2.74. The van der Waals surface area contributed by atoms with Gasteiger partial charge in [-0.05, 0) is 19.5 Å². The summed E-state index contributed by atoms with van der Waals surface area (Å²) in [6.45, 7) is 9.79. The second kappa shape index (κ2) is 8.23. The van der Waals surface area contributed by atoms with Crippen LogP contribution in [0.5, 0.6) is 0 Å². The third kappa shape index (κ3) is 4.40. The summed E-state index contributed by atoms with van der Waals surface area (Å²) < 4.78 is 0. The number of nitrogens with zero attached hydrogens (tertiary/aromatic N) is 3. The predicted molar refractivity (Wildman–Crippen MR) is 76.9 cm³/mol. The number of aryl methyl sites for hydroxylation is 1. The second-order valence-corrected chi connectivity index (χ2v) is 5.51. The summed E-state index contributed by atoms with van der Waals surface area (Å²) in [7, 11) is 0. The highest BCUT2D eigenvalue weighted by molar-refractivity contribution is 7.11. The molecule has 0 bridgehead atoms. The standard InChI is InChI=1S/C14H23N3S/c1-4-7-12-13(8-10-15)18-14(16-12)9-11-17(5-2)6-3/h4-9,11H2,1-3H3. The maximum atomic E-state index is 8.84. The molecule has 0 atom stereocenters. The Kier molecular flexibility index (Phi) is 6.92. The summed E-state index contributed by atoms with van der Waals surface area (Å²) in [5.74, 6) is 0. The second-order valence-electron chi connectivity index (χ2n) is 4.34. The molecule has 3 nitrogen and oxygen atoms in total. The number of thiazole rings is 1. The van der Waals surface area contributed by atoms with Crippen molar-refractivity contribution in [3.63, 3.8) is 0 Å². The highest BCUT2D eigenvalue weighted by atomic mass is 32.1. The lowest BCUT2D eigenvalue weighted by Gasteiger charge is -2.16. The smallest absolute Gasteiger partial charge is 0.0944 e. The van der Waals surface area contributed by atoms with Crippen molar-refractivity contribution in [2.24, 2.45) is 0 Å². The van der Waals surface area contributed by atoms with Crippen LogP contribution in [0.2, 0.25) is 0 Å². The fourth-order valence-electron chi connectivity index (χ4n) is 1.98. The average molecular weight is 265 g/mol. The molecule has 0 saturated carbocycles. The molecular formula is C14H23N3S. The van der Waals surface area contributed by atoms with E-state index in [1.165, 1.54) is 9.88 Å². The normalized spacial score (nSPS) is 10.8. The van der Waals surface area contributed by atoms with E-state index in [1.54, 1.807) is 11.3 Å². The third-order valence-corrected chi connectivity index (χ3v) is 4.24. The van der Waals surface area contributed by atoms with Gasteiger partial charge in [-0.3, -0.25) is 0 Å². The summed E-state index contributed by atoms with van der Waals surface area (Å²) in [6, 6.07) is 2.24. The van der Waals surface area contributed by atoms with Crippen LogP contribution in [0.3, 0.4) is 0 Å². The maximum absolute atomic E-state index is 8.84. The molecule has 1 rings (SSSR count). The first kappa shape index (κ1) is 15.1. The van der Waals surface area contributed by atoms with Gasteiger partial charge in [-0.25, -0.2) is 4.98 Å². The van der Waals surface area contributed by atoms with Gasteiger partial charge in [0.05, 0.1) is 23.2 Å². The topological polar surface area (TPSA) is 39.9 Å². The van der Waals surface area contributed by atoms with Gasteiger partial charge in [0.25, 0.3) is 0 Å². The van der Waals surface area contributed by atoms with Crippen LogP contribution in [0.4, 0.5) is 0 Å². The first-order chi connectivity index (χ1) is 8.74. The van der Waals surface area contributed by atoms with Gasteiger partial charge in [-0.15, -0.1) is 11.3 Å². The van der Waals surface area contributed by atoms with Gasteiger partial charge < -0.3 is 4.90 Å². The molecule has 0 aliphatic rings. The number of hydrogen-bond acceptors (Lipinski definition) is 4. The summed E-state index contributed by atoms with van der Waals surface area (Å²) in [4.78, 5) is 8.28. The van der Waals surface area contributed by atoms with E-state index < -0.39 is 0 Å². The van der Waals surface area contributed by atoms with Crippen LogP contribution >= 0.6 is 11.3 Å². The van der Waals surface area contributed by atoms with E-state index in [1.807, 2.05) is 0 Å². The molecular weight excluding hydrogens is 242 g/mol. The van der Waals surface area contributed by atoms with Gasteiger partial charge in [0.15, 0.2) is 0 Å². The van der Waals surface area contributed by atoms with Crippen LogP contribution in [0.15, 0.2) is 0 Å². The molecule has 4 heteroatoms. The Balaban J connectivity index is 2.66. The molecule has 0 aliphatic carbocycles. The molecule has 18 heavy (non-hydrogen) atoms. The lowest BCUT2D eigenvalue weighted by atomic mass is 10.2. The summed E-state index contributed by atoms with van der Waals surface area (Å²) in [5, 5.41) is 10.0. The van der Waals surface area contributed by atoms with E-state index in [9.17, 15) is 0 Å². The Hall–Kier alpha value is -0.920. The van der Waals surface area contributed by atoms with Gasteiger partial charge in [0, 0.05) is 17.8 Å². The molecule has 0 spiro atoms. The molecule has 0 saturated heterocycles. The number of likely N-dealkylation sites (N-methyl/N-ethyl adjacent to an activating group) is 1. The van der Waals surface area contributed by atoms with E-state index in [-0.39, 0.29) is 0 Å². The van der Waals surface area contributed by atoms with Crippen LogP contribution in [0.25, 0.3) is 0 Å². The lowest BCUT2D eigenvalue weighted by molar-refractivity contribution is 0.308. The fourth-order valence-corrected chi connectivity index (χ4v) is 3.02. The zero-order chi connectivity index (χ0) is 13.4. The van der Waals surface area contributed by atoms with Gasteiger partial charge >= 0.3 is 0 Å². The van der Waals surface area contributed by atoms with Crippen molar-refractivity contribution in [1.29, 1.82) is 5.26 Å². The van der Waals surface area contributed by atoms with Gasteiger partial charge in [0.2, 0.25) is 0 Å². The molecule has 0 aromatic carbocycles. The minimum atomic E-state index is 0.512. The molecule has 100 valence electrons. The van der Waals surface area contributed by atoms with Gasteiger partial charge in [-0.2, -0.15) is 5.26 Å². The monoisotopic (exact) mass is 265 g/mol. The highest BCUT2D eigenvalue weighted by Crippen LogP contribution is 2.21. The number of rotatable bonds is 8. The summed E-state index contributed by atoms with van der Waals surface area (Å²) >= 11 is 1.73. The Morgan fingerprint density at radius 3 is 2.50 bits per heavy atom. The maximum Gasteiger partial charge on any atom is 0.0944 e. The predicted octanol–water partition coefficient (Wildman–Crippen LogP) is 3.05. The zero-order valence-corrected chi connectivity index (χ0v) is 12.5. The van der Waals surface area contributed by atoms with Crippen LogP contribution in [-0.2, 0) is 19.3 Å². The first-order valence-corrected chi connectivity index (χ1v) is 7.63. The molecule has 1 aromatic heterocycles. The van der Waals surface area contributed by atoms with Gasteiger partial charge in [-0.1, -0.05) is 27.2 Å². The van der Waals surface area contributed by atoms with Crippen LogP contribution < -0.4 is 0 Å². The number of nitriles is 1. The highest BCUT2D eigenvalue weighted by Gasteiger charge is 2.11. The third-order valence-electron chi connectivity index (χ3n) is 3.09.